The number of carbonyl (C=O) groups excluding carboxylic acids is 1. The highest BCUT2D eigenvalue weighted by molar-refractivity contribution is 6.02. The van der Waals surface area contributed by atoms with E-state index >= 15 is 0 Å². The minimum Gasteiger partial charge on any atom is -0.508 e. The summed E-state index contributed by atoms with van der Waals surface area (Å²) in [6.45, 7) is -0.305. The molecule has 27 heavy (non-hydrogen) atoms. The molecule has 2 aromatic carbocycles. The minimum atomic E-state index is -0.425. The molecule has 6 heteroatoms. The van der Waals surface area contributed by atoms with Gasteiger partial charge in [0.1, 0.15) is 11.5 Å². The number of allylic oxidation sites excluding steroid dienone is 3. The highest BCUT2D eigenvalue weighted by Gasteiger charge is 2.02. The van der Waals surface area contributed by atoms with Crippen molar-refractivity contribution >= 4 is 17.9 Å². The predicted molar refractivity (Wildman–Crippen MR) is 102 cm³/mol. The van der Waals surface area contributed by atoms with E-state index in [2.05, 4.69) is 0 Å². The van der Waals surface area contributed by atoms with Crippen LogP contribution in [0.15, 0.2) is 60.4 Å². The van der Waals surface area contributed by atoms with Crippen molar-refractivity contribution in [3.05, 3.63) is 77.1 Å². The number of phenolic OH excluding ortho intramolecular Hbond substituents is 1. The number of rotatable bonds is 7. The van der Waals surface area contributed by atoms with Crippen LogP contribution in [0.3, 0.4) is 0 Å². The molecule has 4 N–H and O–H groups in total. The summed E-state index contributed by atoms with van der Waals surface area (Å²) in [5, 5.41) is 38.0. The van der Waals surface area contributed by atoms with E-state index < -0.39 is 5.78 Å². The van der Waals surface area contributed by atoms with E-state index in [1.165, 1.54) is 37.5 Å². The zero-order valence-electron chi connectivity index (χ0n) is 14.7. The SMILES string of the molecule is COc1cc(/C=C/C(=O)/C=C(O)/C=C/c2ccc(O)c(CO)c2)ccc1O. The van der Waals surface area contributed by atoms with Gasteiger partial charge in [-0.15, -0.1) is 0 Å². The second-order valence-electron chi connectivity index (χ2n) is 5.62. The van der Waals surface area contributed by atoms with Gasteiger partial charge in [-0.25, -0.2) is 0 Å². The fraction of sp³-hybridized carbons (Fsp3) is 0.0952. The topological polar surface area (TPSA) is 107 Å². The van der Waals surface area contributed by atoms with Crippen LogP contribution in [-0.2, 0) is 11.4 Å². The molecule has 2 rings (SSSR count). The molecular formula is C21H20O6. The third kappa shape index (κ3) is 5.76. The molecule has 0 fully saturated rings. The van der Waals surface area contributed by atoms with E-state index in [-0.39, 0.29) is 23.9 Å². The van der Waals surface area contributed by atoms with E-state index in [0.717, 1.165) is 6.08 Å². The van der Waals surface area contributed by atoms with E-state index in [9.17, 15) is 20.1 Å². The van der Waals surface area contributed by atoms with Crippen molar-refractivity contribution in [1.82, 2.24) is 0 Å². The summed E-state index contributed by atoms with van der Waals surface area (Å²) in [4.78, 5) is 11.9. The van der Waals surface area contributed by atoms with Crippen molar-refractivity contribution < 1.29 is 30.0 Å². The van der Waals surface area contributed by atoms with Crippen molar-refractivity contribution in [1.29, 1.82) is 0 Å². The maximum absolute atomic E-state index is 11.9. The van der Waals surface area contributed by atoms with Crippen LogP contribution in [0, 0.1) is 0 Å². The van der Waals surface area contributed by atoms with E-state index in [4.69, 9.17) is 9.84 Å². The van der Waals surface area contributed by atoms with Gasteiger partial charge in [0.05, 0.1) is 13.7 Å². The molecule has 0 spiro atoms. The highest BCUT2D eigenvalue weighted by Crippen LogP contribution is 2.26. The Morgan fingerprint density at radius 2 is 1.63 bits per heavy atom. The van der Waals surface area contributed by atoms with Gasteiger partial charge in [0.25, 0.3) is 0 Å². The lowest BCUT2D eigenvalue weighted by Gasteiger charge is -2.03. The second-order valence-corrected chi connectivity index (χ2v) is 5.62. The van der Waals surface area contributed by atoms with Crippen molar-refractivity contribution in [3.8, 4) is 17.2 Å². The molecule has 2 aromatic rings. The molecule has 0 aliphatic carbocycles. The Bertz CT molecular complexity index is 909. The Morgan fingerprint density at radius 3 is 2.30 bits per heavy atom. The highest BCUT2D eigenvalue weighted by atomic mass is 16.5. The fourth-order valence-corrected chi connectivity index (χ4v) is 2.24. The quantitative estimate of drug-likeness (QED) is 0.339. The number of benzene rings is 2. The van der Waals surface area contributed by atoms with Crippen LogP contribution in [0.4, 0.5) is 0 Å². The molecule has 0 aliphatic rings. The van der Waals surface area contributed by atoms with Gasteiger partial charge in [-0.3, -0.25) is 4.79 Å². The molecule has 0 bridgehead atoms. The molecule has 0 unspecified atom stereocenters. The van der Waals surface area contributed by atoms with Gasteiger partial charge >= 0.3 is 0 Å². The average Bonchev–Trinajstić information content (AvgIpc) is 2.66. The average molecular weight is 368 g/mol. The summed E-state index contributed by atoms with van der Waals surface area (Å²) >= 11 is 0. The lowest BCUT2D eigenvalue weighted by molar-refractivity contribution is -0.110. The number of hydrogen-bond acceptors (Lipinski definition) is 6. The van der Waals surface area contributed by atoms with Gasteiger partial charge in [-0.1, -0.05) is 24.3 Å². The van der Waals surface area contributed by atoms with E-state index in [0.29, 0.717) is 22.4 Å². The number of phenols is 2. The monoisotopic (exact) mass is 368 g/mol. The van der Waals surface area contributed by atoms with Gasteiger partial charge in [-0.05, 0) is 47.5 Å². The third-order valence-electron chi connectivity index (χ3n) is 3.65. The van der Waals surface area contributed by atoms with Gasteiger partial charge in [0, 0.05) is 11.6 Å². The van der Waals surface area contributed by atoms with Crippen LogP contribution in [-0.4, -0.2) is 33.3 Å². The van der Waals surface area contributed by atoms with Gasteiger partial charge < -0.3 is 25.2 Å². The van der Waals surface area contributed by atoms with Gasteiger partial charge in [-0.2, -0.15) is 0 Å². The van der Waals surface area contributed by atoms with Crippen molar-refractivity contribution in [3.63, 3.8) is 0 Å². The Hall–Kier alpha value is -3.51. The summed E-state index contributed by atoms with van der Waals surface area (Å²) in [7, 11) is 1.43. The first kappa shape index (κ1) is 19.8. The number of ketones is 1. The van der Waals surface area contributed by atoms with Crippen LogP contribution < -0.4 is 4.74 Å². The molecule has 140 valence electrons. The number of carbonyl (C=O) groups is 1. The Labute approximate surface area is 156 Å². The number of ether oxygens (including phenoxy) is 1. The maximum atomic E-state index is 11.9. The molecule has 0 saturated heterocycles. The molecule has 0 radical (unpaired) electrons. The molecule has 0 aliphatic heterocycles. The standard InChI is InChI=1S/C21H20O6/c1-27-21-11-15(5-9-20(21)26)3-7-18(24)12-17(23)6-2-14-4-8-19(25)16(10-14)13-22/h2-12,22-23,25-26H,13H2,1H3/b6-2+,7-3+,17-12-. The predicted octanol–water partition coefficient (Wildman–Crippen LogP) is 3.34. The third-order valence-corrected chi connectivity index (χ3v) is 3.65. The van der Waals surface area contributed by atoms with E-state index in [1.54, 1.807) is 30.3 Å². The number of hydrogen-bond donors (Lipinski definition) is 4. The summed E-state index contributed by atoms with van der Waals surface area (Å²) < 4.78 is 4.99. The molecule has 0 atom stereocenters. The number of aliphatic hydroxyl groups is 2. The zero-order valence-corrected chi connectivity index (χ0v) is 14.7. The number of aromatic hydroxyl groups is 2. The first-order valence-electron chi connectivity index (χ1n) is 8.03. The van der Waals surface area contributed by atoms with Crippen LogP contribution >= 0.6 is 0 Å². The zero-order chi connectivity index (χ0) is 19.8. The van der Waals surface area contributed by atoms with E-state index in [1.807, 2.05) is 0 Å². The van der Waals surface area contributed by atoms with Gasteiger partial charge in [0.2, 0.25) is 0 Å². The van der Waals surface area contributed by atoms with Gasteiger partial charge in [0.15, 0.2) is 17.3 Å². The van der Waals surface area contributed by atoms with Crippen LogP contribution in [0.5, 0.6) is 17.2 Å². The fourth-order valence-electron chi connectivity index (χ4n) is 2.24. The molecular weight excluding hydrogens is 348 g/mol. The molecule has 6 nitrogen and oxygen atoms in total. The van der Waals surface area contributed by atoms with Crippen LogP contribution in [0.1, 0.15) is 16.7 Å². The minimum absolute atomic E-state index is 0.00207. The molecule has 0 aromatic heterocycles. The maximum Gasteiger partial charge on any atom is 0.182 e. The first-order chi connectivity index (χ1) is 12.9. The van der Waals surface area contributed by atoms with Crippen molar-refractivity contribution in [2.45, 2.75) is 6.61 Å². The smallest absolute Gasteiger partial charge is 0.182 e. The molecule has 0 heterocycles. The normalized spacial score (nSPS) is 12.0. The first-order valence-corrected chi connectivity index (χ1v) is 8.03. The Balaban J connectivity index is 2.05. The summed E-state index contributed by atoms with van der Waals surface area (Å²) in [5.41, 5.74) is 1.67. The molecule has 0 amide bonds. The lowest BCUT2D eigenvalue weighted by atomic mass is 10.1. The van der Waals surface area contributed by atoms with Crippen LogP contribution in [0.2, 0.25) is 0 Å². The second kappa shape index (κ2) is 9.26. The summed E-state index contributed by atoms with van der Waals surface area (Å²) in [6, 6.07) is 9.27. The molecule has 0 saturated carbocycles. The number of aliphatic hydroxyl groups excluding tert-OH is 2. The summed E-state index contributed by atoms with van der Waals surface area (Å²) in [5.74, 6) is -0.387. The van der Waals surface area contributed by atoms with Crippen LogP contribution in [0.25, 0.3) is 12.2 Å². The largest absolute Gasteiger partial charge is 0.508 e. The lowest BCUT2D eigenvalue weighted by Crippen LogP contribution is -1.89. The van der Waals surface area contributed by atoms with Crippen molar-refractivity contribution in [2.24, 2.45) is 0 Å². The summed E-state index contributed by atoms with van der Waals surface area (Å²) in [6.07, 6.45) is 6.75. The Kier molecular flexibility index (Phi) is 6.79. The Morgan fingerprint density at radius 1 is 1.00 bits per heavy atom. The van der Waals surface area contributed by atoms with Crippen molar-refractivity contribution in [2.75, 3.05) is 7.11 Å². The number of methoxy groups -OCH3 is 1.